The molecule has 1 atom stereocenters. The van der Waals surface area contributed by atoms with Crippen molar-refractivity contribution >= 4 is 5.78 Å². The van der Waals surface area contributed by atoms with Crippen LogP contribution in [0.2, 0.25) is 0 Å². The SMILES string of the molecule is Cc1ccc(Cn2c(O)c(C(=O)C(C)Oc3ccc(C)c(C)c3)c(C)c(C#N)c2=O)cc1. The molecular formula is C26H26N2O4. The standard InChI is InChI=1S/C26H26N2O4/c1-15-6-9-20(10-7-15)14-28-25(30)22(13-27)18(4)23(26(28)31)24(29)19(5)32-21-11-8-16(2)17(3)12-21/h6-12,19,31H,14H2,1-5H3. The maximum absolute atomic E-state index is 13.3. The van der Waals surface area contributed by atoms with Crippen LogP contribution in [0, 0.1) is 39.0 Å². The fraction of sp³-hybridized carbons (Fsp3) is 0.269. The lowest BCUT2D eigenvalue weighted by Crippen LogP contribution is -2.31. The molecule has 1 N–H and O–H groups in total. The Morgan fingerprint density at radius 1 is 1.09 bits per heavy atom. The van der Waals surface area contributed by atoms with E-state index in [4.69, 9.17) is 4.74 Å². The average molecular weight is 431 g/mol. The minimum absolute atomic E-state index is 0.0343. The largest absolute Gasteiger partial charge is 0.494 e. The quantitative estimate of drug-likeness (QED) is 0.587. The maximum atomic E-state index is 13.3. The molecule has 0 saturated carbocycles. The lowest BCUT2D eigenvalue weighted by molar-refractivity contribution is 0.0812. The molecule has 0 fully saturated rings. The second-order valence-corrected chi connectivity index (χ2v) is 8.06. The van der Waals surface area contributed by atoms with Crippen LogP contribution in [-0.4, -0.2) is 21.6 Å². The summed E-state index contributed by atoms with van der Waals surface area (Å²) in [5.41, 5.74) is 3.21. The second-order valence-electron chi connectivity index (χ2n) is 8.06. The third-order valence-electron chi connectivity index (χ3n) is 5.67. The molecular weight excluding hydrogens is 404 g/mol. The molecule has 0 amide bonds. The van der Waals surface area contributed by atoms with Gasteiger partial charge in [-0.15, -0.1) is 0 Å². The summed E-state index contributed by atoms with van der Waals surface area (Å²) in [6, 6.07) is 14.9. The number of rotatable bonds is 6. The highest BCUT2D eigenvalue weighted by Crippen LogP contribution is 2.26. The van der Waals surface area contributed by atoms with Crippen molar-refractivity contribution in [1.82, 2.24) is 4.57 Å². The van der Waals surface area contributed by atoms with Gasteiger partial charge in [-0.2, -0.15) is 5.26 Å². The fourth-order valence-electron chi connectivity index (χ4n) is 3.52. The van der Waals surface area contributed by atoms with Crippen LogP contribution in [0.4, 0.5) is 0 Å². The van der Waals surface area contributed by atoms with Gasteiger partial charge in [-0.3, -0.25) is 14.2 Å². The van der Waals surface area contributed by atoms with Crippen molar-refractivity contribution in [2.45, 2.75) is 47.3 Å². The van der Waals surface area contributed by atoms with Gasteiger partial charge in [0, 0.05) is 0 Å². The highest BCUT2D eigenvalue weighted by atomic mass is 16.5. The van der Waals surface area contributed by atoms with Crippen LogP contribution >= 0.6 is 0 Å². The van der Waals surface area contributed by atoms with Crippen LogP contribution in [-0.2, 0) is 6.54 Å². The summed E-state index contributed by atoms with van der Waals surface area (Å²) in [5.74, 6) is -0.445. The highest BCUT2D eigenvalue weighted by Gasteiger charge is 2.28. The number of carbonyl (C=O) groups is 1. The van der Waals surface area contributed by atoms with Gasteiger partial charge in [0.25, 0.3) is 5.56 Å². The number of hydrogen-bond donors (Lipinski definition) is 1. The minimum Gasteiger partial charge on any atom is -0.494 e. The zero-order valence-electron chi connectivity index (χ0n) is 18.9. The number of carbonyl (C=O) groups excluding carboxylic acids is 1. The Morgan fingerprint density at radius 3 is 2.34 bits per heavy atom. The number of benzene rings is 2. The maximum Gasteiger partial charge on any atom is 0.271 e. The number of Topliss-reactive ketones (excluding diaryl/α,β-unsaturated/α-hetero) is 1. The third-order valence-corrected chi connectivity index (χ3v) is 5.67. The van der Waals surface area contributed by atoms with E-state index in [1.807, 2.05) is 63.2 Å². The van der Waals surface area contributed by atoms with Crippen molar-refractivity contribution in [2.24, 2.45) is 0 Å². The number of aryl methyl sites for hydroxylation is 3. The average Bonchev–Trinajstić information content (AvgIpc) is 2.75. The molecule has 6 nitrogen and oxygen atoms in total. The van der Waals surface area contributed by atoms with Gasteiger partial charge in [0.1, 0.15) is 17.4 Å². The number of aromatic nitrogens is 1. The molecule has 0 radical (unpaired) electrons. The fourth-order valence-corrected chi connectivity index (χ4v) is 3.52. The summed E-state index contributed by atoms with van der Waals surface area (Å²) in [6.45, 7) is 8.98. The van der Waals surface area contributed by atoms with Gasteiger partial charge < -0.3 is 9.84 Å². The monoisotopic (exact) mass is 430 g/mol. The van der Waals surface area contributed by atoms with Crippen molar-refractivity contribution in [3.8, 4) is 17.7 Å². The minimum atomic E-state index is -0.932. The van der Waals surface area contributed by atoms with E-state index in [2.05, 4.69) is 0 Å². The van der Waals surface area contributed by atoms with Crippen molar-refractivity contribution in [2.75, 3.05) is 0 Å². The number of ketones is 1. The number of pyridine rings is 1. The number of hydrogen-bond acceptors (Lipinski definition) is 5. The van der Waals surface area contributed by atoms with E-state index in [-0.39, 0.29) is 23.2 Å². The molecule has 0 spiro atoms. The summed E-state index contributed by atoms with van der Waals surface area (Å²) in [6.07, 6.45) is -0.932. The van der Waals surface area contributed by atoms with Crippen molar-refractivity contribution in [1.29, 1.82) is 5.26 Å². The van der Waals surface area contributed by atoms with Crippen molar-refractivity contribution in [3.05, 3.63) is 91.8 Å². The molecule has 0 bridgehead atoms. The zero-order valence-corrected chi connectivity index (χ0v) is 18.9. The van der Waals surface area contributed by atoms with E-state index in [0.717, 1.165) is 26.8 Å². The summed E-state index contributed by atoms with van der Waals surface area (Å²) >= 11 is 0. The van der Waals surface area contributed by atoms with Crippen molar-refractivity contribution < 1.29 is 14.6 Å². The van der Waals surface area contributed by atoms with E-state index in [0.29, 0.717) is 5.75 Å². The van der Waals surface area contributed by atoms with E-state index in [1.165, 1.54) is 6.92 Å². The first kappa shape index (κ1) is 22.8. The van der Waals surface area contributed by atoms with Crippen LogP contribution in [0.5, 0.6) is 11.6 Å². The molecule has 1 aromatic heterocycles. The molecule has 1 heterocycles. The Balaban J connectivity index is 2.03. The van der Waals surface area contributed by atoms with E-state index in [9.17, 15) is 20.0 Å². The van der Waals surface area contributed by atoms with Crippen molar-refractivity contribution in [3.63, 3.8) is 0 Å². The van der Waals surface area contributed by atoms with Gasteiger partial charge in [-0.05, 0) is 69.0 Å². The van der Waals surface area contributed by atoms with Gasteiger partial charge in [-0.1, -0.05) is 35.9 Å². The Morgan fingerprint density at radius 2 is 1.75 bits per heavy atom. The zero-order chi connectivity index (χ0) is 23.6. The van der Waals surface area contributed by atoms with Crippen LogP contribution in [0.3, 0.4) is 0 Å². The number of aromatic hydroxyl groups is 1. The first-order valence-electron chi connectivity index (χ1n) is 10.3. The second kappa shape index (κ2) is 9.11. The molecule has 0 aliphatic carbocycles. The number of nitrogens with zero attached hydrogens (tertiary/aromatic N) is 2. The Labute approximate surface area is 187 Å². The molecule has 1 unspecified atom stereocenters. The summed E-state index contributed by atoms with van der Waals surface area (Å²) in [5, 5.41) is 20.5. The lowest BCUT2D eigenvalue weighted by Gasteiger charge is -2.19. The predicted octanol–water partition coefficient (Wildman–Crippen LogP) is 4.36. The summed E-state index contributed by atoms with van der Waals surface area (Å²) in [7, 11) is 0. The van der Waals surface area contributed by atoms with E-state index < -0.39 is 23.3 Å². The van der Waals surface area contributed by atoms with Crippen LogP contribution in [0.25, 0.3) is 0 Å². The van der Waals surface area contributed by atoms with E-state index >= 15 is 0 Å². The topological polar surface area (TPSA) is 92.3 Å². The van der Waals surface area contributed by atoms with Gasteiger partial charge in [0.05, 0.1) is 12.1 Å². The smallest absolute Gasteiger partial charge is 0.271 e. The molecule has 0 aliphatic rings. The predicted molar refractivity (Wildman–Crippen MR) is 122 cm³/mol. The summed E-state index contributed by atoms with van der Waals surface area (Å²) in [4.78, 5) is 26.1. The molecule has 3 aromatic rings. The molecule has 0 aliphatic heterocycles. The van der Waals surface area contributed by atoms with Gasteiger partial charge in [0.2, 0.25) is 11.7 Å². The molecule has 0 saturated heterocycles. The Kier molecular flexibility index (Phi) is 6.50. The Bertz CT molecular complexity index is 1280. The van der Waals surface area contributed by atoms with Crippen LogP contribution < -0.4 is 10.3 Å². The molecule has 32 heavy (non-hydrogen) atoms. The van der Waals surface area contributed by atoms with Gasteiger partial charge >= 0.3 is 0 Å². The first-order valence-corrected chi connectivity index (χ1v) is 10.3. The molecule has 164 valence electrons. The lowest BCUT2D eigenvalue weighted by atomic mass is 9.99. The highest BCUT2D eigenvalue weighted by molar-refractivity contribution is 6.03. The normalized spacial score (nSPS) is 11.6. The summed E-state index contributed by atoms with van der Waals surface area (Å²) < 4.78 is 6.88. The Hall–Kier alpha value is -3.85. The van der Waals surface area contributed by atoms with E-state index in [1.54, 1.807) is 13.0 Å². The third kappa shape index (κ3) is 4.42. The van der Waals surface area contributed by atoms with Gasteiger partial charge in [0.15, 0.2) is 6.10 Å². The van der Waals surface area contributed by atoms with Gasteiger partial charge in [-0.25, -0.2) is 0 Å². The molecule has 2 aromatic carbocycles. The number of ether oxygens (including phenoxy) is 1. The van der Waals surface area contributed by atoms with Crippen LogP contribution in [0.15, 0.2) is 47.3 Å². The molecule has 3 rings (SSSR count). The molecule has 6 heteroatoms. The first-order chi connectivity index (χ1) is 15.1. The van der Waals surface area contributed by atoms with Crippen LogP contribution in [0.1, 0.15) is 50.7 Å². The number of nitriles is 1.